The molecular weight excluding hydrogens is 548 g/mol. The van der Waals surface area contributed by atoms with E-state index in [4.69, 9.17) is 15.0 Å². The minimum absolute atomic E-state index is 0.00507. The minimum Gasteiger partial charge on any atom is -0.444 e. The first-order valence-corrected chi connectivity index (χ1v) is 14.9. The molecular formula is C28H36N6O6S. The fourth-order valence-corrected chi connectivity index (χ4v) is 7.64. The van der Waals surface area contributed by atoms with Crippen LogP contribution in [0.1, 0.15) is 63.6 Å². The SMILES string of the molecule is CC(C)(C)OC(=O)N[C@@H](CN1C[C@H]2C[C@@H]1C(=O)N2[C@H]1CCc2cc(SOON)ccc21)C(=O)N1[C@H](C#N)C[C@@H]2C[C@@H]21. The molecule has 3 amide bonds. The number of ether oxygens (including phenoxy) is 1. The van der Waals surface area contributed by atoms with Crippen LogP contribution in [0.3, 0.4) is 0 Å². The van der Waals surface area contributed by atoms with Gasteiger partial charge in [0.2, 0.25) is 11.8 Å². The number of alkyl carbamates (subject to hydrolysis) is 1. The Morgan fingerprint density at radius 3 is 2.76 bits per heavy atom. The molecule has 4 fully saturated rings. The van der Waals surface area contributed by atoms with E-state index in [1.54, 1.807) is 25.7 Å². The topological polar surface area (TPSA) is 150 Å². The molecule has 2 bridgehead atoms. The summed E-state index contributed by atoms with van der Waals surface area (Å²) in [6.45, 7) is 6.10. The first kappa shape index (κ1) is 28.2. The van der Waals surface area contributed by atoms with Gasteiger partial charge in [-0.3, -0.25) is 14.5 Å². The van der Waals surface area contributed by atoms with E-state index >= 15 is 0 Å². The van der Waals surface area contributed by atoms with Crippen LogP contribution >= 0.6 is 12.0 Å². The van der Waals surface area contributed by atoms with Gasteiger partial charge in [0.05, 0.1) is 30.2 Å². The monoisotopic (exact) mass is 584 g/mol. The normalized spacial score (nSPS) is 30.7. The van der Waals surface area contributed by atoms with Crippen molar-refractivity contribution in [2.24, 2.45) is 11.8 Å². The van der Waals surface area contributed by atoms with E-state index in [-0.39, 0.29) is 42.5 Å². The fourth-order valence-electron chi connectivity index (χ4n) is 7.21. The maximum atomic E-state index is 13.8. The fraction of sp³-hybridized carbons (Fsp3) is 0.643. The average Bonchev–Trinajstić information content (AvgIpc) is 3.24. The average molecular weight is 585 g/mol. The van der Waals surface area contributed by atoms with Gasteiger partial charge in [0.15, 0.2) is 0 Å². The van der Waals surface area contributed by atoms with Gasteiger partial charge in [-0.25, -0.2) is 4.79 Å². The number of nitriles is 1. The van der Waals surface area contributed by atoms with Crippen molar-refractivity contribution in [1.82, 2.24) is 20.0 Å². The van der Waals surface area contributed by atoms with Crippen LogP contribution in [0.4, 0.5) is 4.79 Å². The molecule has 0 spiro atoms. The lowest BCUT2D eigenvalue weighted by atomic mass is 10.1. The Morgan fingerprint density at radius 1 is 1.24 bits per heavy atom. The quantitative estimate of drug-likeness (QED) is 0.264. The van der Waals surface area contributed by atoms with Crippen LogP contribution in [-0.2, 0) is 30.1 Å². The van der Waals surface area contributed by atoms with E-state index in [0.29, 0.717) is 25.3 Å². The van der Waals surface area contributed by atoms with Crippen molar-refractivity contribution in [3.05, 3.63) is 29.3 Å². The molecule has 7 atom stereocenters. The number of hydrogen-bond acceptors (Lipinski definition) is 10. The van der Waals surface area contributed by atoms with Crippen LogP contribution in [0.2, 0.25) is 0 Å². The molecule has 41 heavy (non-hydrogen) atoms. The van der Waals surface area contributed by atoms with Crippen molar-refractivity contribution in [3.63, 3.8) is 0 Å². The van der Waals surface area contributed by atoms with E-state index in [1.807, 2.05) is 28.0 Å². The predicted molar refractivity (Wildman–Crippen MR) is 146 cm³/mol. The van der Waals surface area contributed by atoms with Crippen LogP contribution < -0.4 is 11.2 Å². The summed E-state index contributed by atoms with van der Waals surface area (Å²) >= 11 is 1.04. The van der Waals surface area contributed by atoms with Gasteiger partial charge in [0, 0.05) is 30.1 Å². The number of nitrogens with two attached hydrogens (primary N) is 1. The van der Waals surface area contributed by atoms with E-state index in [0.717, 1.165) is 41.8 Å². The van der Waals surface area contributed by atoms with Gasteiger partial charge in [0.25, 0.3) is 0 Å². The first-order valence-electron chi connectivity index (χ1n) is 14.2. The van der Waals surface area contributed by atoms with Gasteiger partial charge in [-0.15, -0.1) is 9.32 Å². The van der Waals surface area contributed by atoms with Crippen LogP contribution in [0, 0.1) is 17.2 Å². The summed E-state index contributed by atoms with van der Waals surface area (Å²) in [5.74, 6) is 5.08. The van der Waals surface area contributed by atoms with Gasteiger partial charge in [-0.2, -0.15) is 11.2 Å². The zero-order chi connectivity index (χ0) is 29.1. The van der Waals surface area contributed by atoms with Crippen LogP contribution in [-0.4, -0.2) is 81.5 Å². The summed E-state index contributed by atoms with van der Waals surface area (Å²) in [6, 6.07) is 6.59. The number of rotatable bonds is 8. The second-order valence-electron chi connectivity index (χ2n) is 12.7. The molecule has 6 rings (SSSR count). The molecule has 5 aliphatic rings. The van der Waals surface area contributed by atoms with Crippen LogP contribution in [0.5, 0.6) is 0 Å². The van der Waals surface area contributed by atoms with Crippen LogP contribution in [0.25, 0.3) is 0 Å². The lowest BCUT2D eigenvalue weighted by molar-refractivity contribution is -0.195. The van der Waals surface area contributed by atoms with Crippen LogP contribution in [0.15, 0.2) is 23.1 Å². The molecule has 2 aliphatic carbocycles. The smallest absolute Gasteiger partial charge is 0.408 e. The number of piperidine rings is 1. The van der Waals surface area contributed by atoms with Crippen molar-refractivity contribution >= 4 is 30.0 Å². The first-order chi connectivity index (χ1) is 19.6. The highest BCUT2D eigenvalue weighted by molar-refractivity contribution is 7.94. The van der Waals surface area contributed by atoms with Crippen molar-refractivity contribution < 1.29 is 28.4 Å². The van der Waals surface area contributed by atoms with E-state index < -0.39 is 23.8 Å². The molecule has 3 aliphatic heterocycles. The highest BCUT2D eigenvalue weighted by Crippen LogP contribution is 2.48. The molecule has 0 radical (unpaired) electrons. The summed E-state index contributed by atoms with van der Waals surface area (Å²) in [4.78, 5) is 51.1. The third kappa shape index (κ3) is 5.39. The molecule has 3 N–H and O–H groups in total. The maximum Gasteiger partial charge on any atom is 0.408 e. The molecule has 1 aromatic rings. The highest BCUT2D eigenvalue weighted by Gasteiger charge is 2.57. The summed E-state index contributed by atoms with van der Waals surface area (Å²) in [5, 5.41) is 12.4. The van der Waals surface area contributed by atoms with Gasteiger partial charge in [-0.1, -0.05) is 6.07 Å². The summed E-state index contributed by atoms with van der Waals surface area (Å²) in [6.07, 6.45) is 3.27. The Labute approximate surface area is 243 Å². The molecule has 12 nitrogen and oxygen atoms in total. The largest absolute Gasteiger partial charge is 0.444 e. The van der Waals surface area contributed by atoms with Crippen molar-refractivity contribution in [1.29, 1.82) is 5.26 Å². The van der Waals surface area contributed by atoms with Gasteiger partial charge in [0.1, 0.15) is 17.7 Å². The number of nitrogens with one attached hydrogen (secondary N) is 1. The number of fused-ring (bicyclic) bond motifs is 4. The number of aryl methyl sites for hydroxylation is 1. The molecule has 0 aromatic heterocycles. The van der Waals surface area contributed by atoms with Crippen molar-refractivity contribution in [3.8, 4) is 6.07 Å². The van der Waals surface area contributed by atoms with Crippen molar-refractivity contribution in [2.45, 2.75) is 99.6 Å². The molecule has 0 unspecified atom stereocenters. The number of piperazine rings is 1. The molecule has 1 aromatic carbocycles. The Balaban J connectivity index is 1.16. The summed E-state index contributed by atoms with van der Waals surface area (Å²) in [5.41, 5.74) is 1.59. The maximum absolute atomic E-state index is 13.8. The highest BCUT2D eigenvalue weighted by atomic mass is 32.2. The van der Waals surface area contributed by atoms with Gasteiger partial charge < -0.3 is 19.9 Å². The van der Waals surface area contributed by atoms with Gasteiger partial charge >= 0.3 is 6.09 Å². The lowest BCUT2D eigenvalue weighted by Gasteiger charge is -2.39. The van der Waals surface area contributed by atoms with E-state index in [9.17, 15) is 19.6 Å². The number of benzene rings is 1. The Kier molecular flexibility index (Phi) is 7.40. The molecule has 13 heteroatoms. The van der Waals surface area contributed by atoms with E-state index in [2.05, 4.69) is 16.4 Å². The standard InChI is InChI=1S/C28H36N6O6S/c1-28(2,3)38-27(37)31-21(25(35)33-17(12-29)8-16-10-23(16)33)14-32-13-18-11-24(32)26(36)34(18)22-7-4-15-9-19(41-40-39-30)5-6-20(15)22/h5-6,9,16-18,21-24H,4,7-8,10-11,13-14,30H2,1-3H3,(H,31,37)/t16-,17+,18-,21+,22+,23+,24-/m1/s1. The molecule has 220 valence electrons. The number of carbonyl (C=O) groups is 3. The van der Waals surface area contributed by atoms with E-state index in [1.165, 1.54) is 5.56 Å². The Hall–Kier alpha value is -2.89. The zero-order valence-electron chi connectivity index (χ0n) is 23.4. The predicted octanol–water partition coefficient (Wildman–Crippen LogP) is 2.19. The second kappa shape index (κ2) is 10.7. The third-order valence-corrected chi connectivity index (χ3v) is 9.49. The molecule has 1 saturated carbocycles. The number of amides is 3. The number of carbonyl (C=O) groups excluding carboxylic acids is 3. The third-order valence-electron chi connectivity index (χ3n) is 8.89. The number of hydrogen-bond donors (Lipinski definition) is 2. The minimum atomic E-state index is -0.913. The number of likely N-dealkylation sites (tertiary alicyclic amines) is 3. The summed E-state index contributed by atoms with van der Waals surface area (Å²) < 4.78 is 10.2. The molecule has 3 saturated heterocycles. The summed E-state index contributed by atoms with van der Waals surface area (Å²) in [7, 11) is 0. The molecule has 3 heterocycles. The Morgan fingerprint density at radius 2 is 2.05 bits per heavy atom. The van der Waals surface area contributed by atoms with Gasteiger partial charge in [-0.05, 0) is 82.1 Å². The lowest BCUT2D eigenvalue weighted by Crippen LogP contribution is -2.59. The second-order valence-corrected chi connectivity index (χ2v) is 13.4. The zero-order valence-corrected chi connectivity index (χ0v) is 24.3. The number of nitrogens with zero attached hydrogens (tertiary/aromatic N) is 4. The van der Waals surface area contributed by atoms with Crippen molar-refractivity contribution in [2.75, 3.05) is 13.1 Å². The Bertz CT molecular complexity index is 1280.